The van der Waals surface area contributed by atoms with Gasteiger partial charge < -0.3 is 10.2 Å². The summed E-state index contributed by atoms with van der Waals surface area (Å²) >= 11 is 5.99. The van der Waals surface area contributed by atoms with E-state index in [9.17, 15) is 13.2 Å². The van der Waals surface area contributed by atoms with Gasteiger partial charge in [0.1, 0.15) is 0 Å². The molecule has 1 aromatic heterocycles. The molecule has 1 saturated heterocycles. The molecule has 138 valence electrons. The second-order valence-corrected chi connectivity index (χ2v) is 9.18. The number of carbonyl (C=O) groups excluding carboxylic acids is 1. The molecule has 3 rings (SSSR count). The first kappa shape index (κ1) is 18.7. The van der Waals surface area contributed by atoms with Gasteiger partial charge >= 0.3 is 0 Å². The van der Waals surface area contributed by atoms with Crippen molar-refractivity contribution < 1.29 is 13.2 Å². The van der Waals surface area contributed by atoms with E-state index in [1.807, 2.05) is 24.9 Å². The summed E-state index contributed by atoms with van der Waals surface area (Å²) in [5.41, 5.74) is 2.65. The van der Waals surface area contributed by atoms with Gasteiger partial charge in [0, 0.05) is 30.0 Å². The number of hydrogen-bond donors (Lipinski definition) is 1. The highest BCUT2D eigenvalue weighted by atomic mass is 35.5. The number of carbonyl (C=O) groups is 1. The van der Waals surface area contributed by atoms with E-state index in [0.29, 0.717) is 28.4 Å². The van der Waals surface area contributed by atoms with E-state index < -0.39 is 9.84 Å². The summed E-state index contributed by atoms with van der Waals surface area (Å²) in [6.07, 6.45) is 3.70. The van der Waals surface area contributed by atoms with Crippen LogP contribution < -0.4 is 10.2 Å². The van der Waals surface area contributed by atoms with Gasteiger partial charge in [-0.05, 0) is 37.1 Å². The first-order valence-electron chi connectivity index (χ1n) is 8.21. The van der Waals surface area contributed by atoms with Gasteiger partial charge in [-0.3, -0.25) is 9.78 Å². The number of hydrogen-bond acceptors (Lipinski definition) is 5. The maximum Gasteiger partial charge on any atom is 0.257 e. The highest BCUT2D eigenvalue weighted by molar-refractivity contribution is 7.91. The minimum atomic E-state index is -2.98. The molecule has 1 amide bonds. The fraction of sp³-hybridized carbons (Fsp3) is 0.333. The average Bonchev–Trinajstić information content (AvgIpc) is 2.97. The van der Waals surface area contributed by atoms with E-state index >= 15 is 0 Å². The summed E-state index contributed by atoms with van der Waals surface area (Å²) in [5.74, 6) is 0.0304. The van der Waals surface area contributed by atoms with E-state index in [2.05, 4.69) is 10.3 Å². The van der Waals surface area contributed by atoms with E-state index in [4.69, 9.17) is 11.6 Å². The first-order chi connectivity index (χ1) is 12.2. The Morgan fingerprint density at radius 2 is 2.08 bits per heavy atom. The predicted molar refractivity (Wildman–Crippen MR) is 104 cm³/mol. The second kappa shape index (κ2) is 7.25. The third-order valence-corrected chi connectivity index (χ3v) is 6.58. The number of nitrogens with one attached hydrogen (secondary N) is 1. The molecule has 1 unspecified atom stereocenters. The molecule has 1 aliphatic rings. The number of aromatic nitrogens is 1. The molecule has 0 saturated carbocycles. The molecule has 0 radical (unpaired) electrons. The van der Waals surface area contributed by atoms with Crippen LogP contribution in [0.1, 0.15) is 22.3 Å². The van der Waals surface area contributed by atoms with E-state index in [0.717, 1.165) is 5.56 Å². The number of halogens is 1. The Hall–Kier alpha value is -2.12. The van der Waals surface area contributed by atoms with Crippen molar-refractivity contribution in [2.75, 3.05) is 28.8 Å². The van der Waals surface area contributed by atoms with Gasteiger partial charge in [-0.25, -0.2) is 8.42 Å². The molecule has 2 aromatic rings. The van der Waals surface area contributed by atoms with E-state index in [-0.39, 0.29) is 23.5 Å². The highest BCUT2D eigenvalue weighted by Crippen LogP contribution is 2.24. The van der Waals surface area contributed by atoms with Crippen molar-refractivity contribution in [1.29, 1.82) is 0 Å². The molecule has 0 bridgehead atoms. The zero-order valence-electron chi connectivity index (χ0n) is 14.6. The van der Waals surface area contributed by atoms with Crippen molar-refractivity contribution in [3.8, 4) is 0 Å². The van der Waals surface area contributed by atoms with Crippen molar-refractivity contribution in [3.63, 3.8) is 0 Å². The van der Waals surface area contributed by atoms with Crippen LogP contribution in [-0.2, 0) is 9.84 Å². The van der Waals surface area contributed by atoms with Crippen molar-refractivity contribution in [3.05, 3.63) is 52.8 Å². The Kier molecular flexibility index (Phi) is 5.20. The molecule has 2 heterocycles. The largest absolute Gasteiger partial charge is 0.369 e. The Morgan fingerprint density at radius 1 is 1.31 bits per heavy atom. The molecule has 6 nitrogen and oxygen atoms in total. The third kappa shape index (κ3) is 4.16. The lowest BCUT2D eigenvalue weighted by Crippen LogP contribution is -2.32. The molecule has 1 N–H and O–H groups in total. The highest BCUT2D eigenvalue weighted by Gasteiger charge is 2.31. The Bertz CT molecular complexity index is 946. The number of nitrogens with zero attached hydrogens (tertiary/aromatic N) is 2. The topological polar surface area (TPSA) is 79.4 Å². The van der Waals surface area contributed by atoms with Crippen LogP contribution in [0.5, 0.6) is 0 Å². The average molecular weight is 394 g/mol. The van der Waals surface area contributed by atoms with Crippen LogP contribution in [0.2, 0.25) is 5.02 Å². The van der Waals surface area contributed by atoms with Gasteiger partial charge in [0.2, 0.25) is 0 Å². The number of sulfone groups is 1. The fourth-order valence-corrected chi connectivity index (χ4v) is 4.91. The fourth-order valence-electron chi connectivity index (χ4n) is 2.96. The molecule has 26 heavy (non-hydrogen) atoms. The van der Waals surface area contributed by atoms with Crippen LogP contribution in [0.25, 0.3) is 0 Å². The molecule has 8 heteroatoms. The molecule has 1 aromatic carbocycles. The summed E-state index contributed by atoms with van der Waals surface area (Å²) in [6.45, 7) is 1.88. The molecule has 0 aliphatic carbocycles. The number of pyridine rings is 1. The van der Waals surface area contributed by atoms with Crippen LogP contribution in [0.3, 0.4) is 0 Å². The van der Waals surface area contributed by atoms with Crippen molar-refractivity contribution >= 4 is 38.7 Å². The lowest BCUT2D eigenvalue weighted by Gasteiger charge is -2.25. The minimum absolute atomic E-state index is 0.102. The quantitative estimate of drug-likeness (QED) is 0.863. The number of rotatable bonds is 4. The smallest absolute Gasteiger partial charge is 0.257 e. The zero-order chi connectivity index (χ0) is 18.9. The number of benzene rings is 1. The first-order valence-corrected chi connectivity index (χ1v) is 10.4. The summed E-state index contributed by atoms with van der Waals surface area (Å²) < 4.78 is 23.4. The monoisotopic (exact) mass is 393 g/mol. The molecule has 1 fully saturated rings. The molecule has 1 aliphatic heterocycles. The number of anilines is 2. The normalized spacial score (nSPS) is 18.5. The lowest BCUT2D eigenvalue weighted by molar-refractivity contribution is 0.102. The zero-order valence-corrected chi connectivity index (χ0v) is 16.1. The van der Waals surface area contributed by atoms with Crippen LogP contribution in [0, 0.1) is 6.92 Å². The third-order valence-electron chi connectivity index (χ3n) is 4.60. The van der Waals surface area contributed by atoms with Crippen LogP contribution in [0.15, 0.2) is 36.7 Å². The SMILES string of the molecule is Cc1ccc(Cl)cc1NC(=O)c1cncc(N(C)C2CCS(=O)(=O)C2)c1. The summed E-state index contributed by atoms with van der Waals surface area (Å²) in [7, 11) is -1.15. The van der Waals surface area contributed by atoms with Crippen LogP contribution >= 0.6 is 11.6 Å². The Morgan fingerprint density at radius 3 is 2.77 bits per heavy atom. The number of amides is 1. The maximum absolute atomic E-state index is 12.6. The maximum atomic E-state index is 12.6. The van der Waals surface area contributed by atoms with Crippen molar-refractivity contribution in [1.82, 2.24) is 4.98 Å². The predicted octanol–water partition coefficient (Wildman–Crippen LogP) is 2.92. The summed E-state index contributed by atoms with van der Waals surface area (Å²) in [5, 5.41) is 3.38. The van der Waals surface area contributed by atoms with Crippen molar-refractivity contribution in [2.24, 2.45) is 0 Å². The molecular formula is C18H20ClN3O3S. The van der Waals surface area contributed by atoms with Gasteiger partial charge in [-0.15, -0.1) is 0 Å². The van der Waals surface area contributed by atoms with Crippen LogP contribution in [0.4, 0.5) is 11.4 Å². The van der Waals surface area contributed by atoms with Crippen molar-refractivity contribution in [2.45, 2.75) is 19.4 Å². The summed E-state index contributed by atoms with van der Waals surface area (Å²) in [4.78, 5) is 18.6. The number of aryl methyl sites for hydroxylation is 1. The van der Waals surface area contributed by atoms with E-state index in [1.54, 1.807) is 24.4 Å². The Labute approximate surface area is 158 Å². The molecular weight excluding hydrogens is 374 g/mol. The van der Waals surface area contributed by atoms with Gasteiger partial charge in [0.05, 0.1) is 29.0 Å². The summed E-state index contributed by atoms with van der Waals surface area (Å²) in [6, 6.07) is 6.91. The molecule has 1 atom stereocenters. The Balaban J connectivity index is 1.78. The van der Waals surface area contributed by atoms with Gasteiger partial charge in [-0.2, -0.15) is 0 Å². The second-order valence-electron chi connectivity index (χ2n) is 6.51. The van der Waals surface area contributed by atoms with Gasteiger partial charge in [-0.1, -0.05) is 17.7 Å². The van der Waals surface area contributed by atoms with E-state index in [1.165, 1.54) is 6.20 Å². The van der Waals surface area contributed by atoms with Gasteiger partial charge in [0.15, 0.2) is 9.84 Å². The minimum Gasteiger partial charge on any atom is -0.369 e. The van der Waals surface area contributed by atoms with Gasteiger partial charge in [0.25, 0.3) is 5.91 Å². The lowest BCUT2D eigenvalue weighted by atomic mass is 10.1. The molecule has 0 spiro atoms. The van der Waals surface area contributed by atoms with Crippen LogP contribution in [-0.4, -0.2) is 43.9 Å². The standard InChI is InChI=1S/C18H20ClN3O3S/c1-12-3-4-14(19)8-17(12)21-18(23)13-7-16(10-20-9-13)22(2)15-5-6-26(24,25)11-15/h3-4,7-10,15H,5-6,11H2,1-2H3,(H,21,23).